The lowest BCUT2D eigenvalue weighted by Gasteiger charge is -2.19. The zero-order valence-corrected chi connectivity index (χ0v) is 11.0. The molecule has 0 radical (unpaired) electrons. The van der Waals surface area contributed by atoms with Crippen LogP contribution in [0.1, 0.15) is 48.4 Å². The highest BCUT2D eigenvalue weighted by molar-refractivity contribution is 6.06. The average molecular weight is 233 g/mol. The van der Waals surface area contributed by atoms with Gasteiger partial charge < -0.3 is 5.32 Å². The van der Waals surface area contributed by atoms with Gasteiger partial charge in [-0.15, -0.1) is 0 Å². The van der Waals surface area contributed by atoms with Gasteiger partial charge in [0.1, 0.15) is 0 Å². The van der Waals surface area contributed by atoms with Crippen LogP contribution in [0.3, 0.4) is 0 Å². The van der Waals surface area contributed by atoms with Crippen LogP contribution in [0.2, 0.25) is 0 Å². The molecule has 0 aliphatic carbocycles. The highest BCUT2D eigenvalue weighted by Crippen LogP contribution is 2.26. The minimum absolute atomic E-state index is 0.00347. The van der Waals surface area contributed by atoms with Crippen LogP contribution < -0.4 is 5.32 Å². The Bertz CT molecular complexity index is 456. The topological polar surface area (TPSA) is 46.2 Å². The third-order valence-electron chi connectivity index (χ3n) is 2.62. The fourth-order valence-corrected chi connectivity index (χ4v) is 1.57. The molecule has 1 N–H and O–H groups in total. The van der Waals surface area contributed by atoms with E-state index in [1.165, 1.54) is 6.92 Å². The van der Waals surface area contributed by atoms with Crippen LogP contribution in [0.15, 0.2) is 18.2 Å². The number of benzene rings is 1. The number of rotatable bonds is 3. The number of ketones is 2. The Morgan fingerprint density at radius 3 is 2.18 bits per heavy atom. The molecule has 3 nitrogen and oxygen atoms in total. The average Bonchev–Trinajstić information content (AvgIpc) is 2.25. The van der Waals surface area contributed by atoms with Crippen molar-refractivity contribution in [1.82, 2.24) is 0 Å². The van der Waals surface area contributed by atoms with Gasteiger partial charge in [-0.1, -0.05) is 26.8 Å². The van der Waals surface area contributed by atoms with Crippen LogP contribution in [-0.4, -0.2) is 18.6 Å². The highest BCUT2D eigenvalue weighted by atomic mass is 16.1. The van der Waals surface area contributed by atoms with E-state index in [0.29, 0.717) is 16.8 Å². The minimum atomic E-state index is -0.427. The van der Waals surface area contributed by atoms with Gasteiger partial charge in [0.2, 0.25) is 0 Å². The minimum Gasteiger partial charge on any atom is -0.388 e. The molecule has 0 unspecified atom stereocenters. The molecule has 3 heteroatoms. The zero-order chi connectivity index (χ0) is 13.2. The van der Waals surface area contributed by atoms with Crippen LogP contribution in [0, 0.1) is 5.41 Å². The number of Topliss-reactive ketones (excluding diaryl/α,β-unsaturated/α-hetero) is 2. The van der Waals surface area contributed by atoms with Gasteiger partial charge >= 0.3 is 0 Å². The molecule has 92 valence electrons. The first-order valence-corrected chi connectivity index (χ1v) is 5.65. The Morgan fingerprint density at radius 1 is 1.18 bits per heavy atom. The molecule has 1 aromatic rings. The molecule has 0 aliphatic rings. The molecule has 17 heavy (non-hydrogen) atoms. The molecule has 0 aliphatic heterocycles. The van der Waals surface area contributed by atoms with E-state index in [2.05, 4.69) is 5.32 Å². The first kappa shape index (κ1) is 13.4. The molecule has 0 saturated heterocycles. The number of nitrogens with one attached hydrogen (secondary N) is 1. The number of carbonyl (C=O) groups is 2. The van der Waals surface area contributed by atoms with E-state index < -0.39 is 5.41 Å². The Kier molecular flexibility index (Phi) is 3.71. The van der Waals surface area contributed by atoms with Gasteiger partial charge in [-0.2, -0.15) is 0 Å². The van der Waals surface area contributed by atoms with E-state index in [9.17, 15) is 9.59 Å². The second-order valence-electron chi connectivity index (χ2n) is 5.15. The number of hydrogen-bond acceptors (Lipinski definition) is 3. The summed E-state index contributed by atoms with van der Waals surface area (Å²) in [5.74, 6) is 0.0632. The lowest BCUT2D eigenvalue weighted by atomic mass is 9.85. The molecule has 1 aromatic carbocycles. The maximum atomic E-state index is 12.2. The van der Waals surface area contributed by atoms with E-state index in [1.807, 2.05) is 20.8 Å². The van der Waals surface area contributed by atoms with Crippen LogP contribution >= 0.6 is 0 Å². The van der Waals surface area contributed by atoms with Crippen molar-refractivity contribution in [3.05, 3.63) is 29.3 Å². The third-order valence-corrected chi connectivity index (χ3v) is 2.62. The van der Waals surface area contributed by atoms with Crippen LogP contribution in [0.25, 0.3) is 0 Å². The van der Waals surface area contributed by atoms with Crippen LogP contribution in [-0.2, 0) is 0 Å². The Morgan fingerprint density at radius 2 is 1.76 bits per heavy atom. The van der Waals surface area contributed by atoms with E-state index in [-0.39, 0.29) is 11.6 Å². The van der Waals surface area contributed by atoms with E-state index in [1.54, 1.807) is 25.2 Å². The quantitative estimate of drug-likeness (QED) is 0.816. The molecule has 0 aromatic heterocycles. The highest BCUT2D eigenvalue weighted by Gasteiger charge is 2.25. The summed E-state index contributed by atoms with van der Waals surface area (Å²) in [5, 5.41) is 2.97. The predicted molar refractivity (Wildman–Crippen MR) is 69.8 cm³/mol. The fraction of sp³-hybridized carbons (Fsp3) is 0.429. The Hall–Kier alpha value is -1.64. The largest absolute Gasteiger partial charge is 0.388 e. The SMILES string of the molecule is CNc1cc(C(C)=O)ccc1C(=O)C(C)(C)C. The summed E-state index contributed by atoms with van der Waals surface area (Å²) in [6.45, 7) is 7.16. The van der Waals surface area contributed by atoms with E-state index in [0.717, 1.165) is 0 Å². The van der Waals surface area contributed by atoms with Gasteiger partial charge in [-0.25, -0.2) is 0 Å². The summed E-state index contributed by atoms with van der Waals surface area (Å²) in [5.41, 5.74) is 1.52. The van der Waals surface area contributed by atoms with Gasteiger partial charge in [0.05, 0.1) is 0 Å². The first-order chi connectivity index (χ1) is 7.77. The molecular weight excluding hydrogens is 214 g/mol. The van der Waals surface area contributed by atoms with Crippen molar-refractivity contribution in [2.45, 2.75) is 27.7 Å². The molecule has 0 spiro atoms. The summed E-state index contributed by atoms with van der Waals surface area (Å²) in [4.78, 5) is 23.5. The molecule has 0 fully saturated rings. The second kappa shape index (κ2) is 4.70. The first-order valence-electron chi connectivity index (χ1n) is 5.65. The van der Waals surface area contributed by atoms with Crippen molar-refractivity contribution in [3.63, 3.8) is 0 Å². The summed E-state index contributed by atoms with van der Waals surface area (Å²) >= 11 is 0. The zero-order valence-electron chi connectivity index (χ0n) is 11.0. The van der Waals surface area contributed by atoms with Gasteiger partial charge in [0.25, 0.3) is 0 Å². The maximum Gasteiger partial charge on any atom is 0.170 e. The Labute approximate surface area is 102 Å². The van der Waals surface area contributed by atoms with Gasteiger partial charge in [0.15, 0.2) is 11.6 Å². The van der Waals surface area contributed by atoms with Gasteiger partial charge in [0, 0.05) is 29.3 Å². The van der Waals surface area contributed by atoms with Crippen LogP contribution in [0.5, 0.6) is 0 Å². The molecule has 0 bridgehead atoms. The summed E-state index contributed by atoms with van der Waals surface area (Å²) in [6, 6.07) is 5.14. The number of anilines is 1. The third kappa shape index (κ3) is 2.93. The number of hydrogen-bond donors (Lipinski definition) is 1. The van der Waals surface area contributed by atoms with Crippen molar-refractivity contribution in [3.8, 4) is 0 Å². The number of carbonyl (C=O) groups excluding carboxylic acids is 2. The molecular formula is C14H19NO2. The van der Waals surface area contributed by atoms with Crippen molar-refractivity contribution in [2.75, 3.05) is 12.4 Å². The Balaban J connectivity index is 3.27. The van der Waals surface area contributed by atoms with Crippen molar-refractivity contribution >= 4 is 17.3 Å². The molecule has 0 amide bonds. The monoisotopic (exact) mass is 233 g/mol. The fourth-order valence-electron chi connectivity index (χ4n) is 1.57. The van der Waals surface area contributed by atoms with E-state index >= 15 is 0 Å². The van der Waals surface area contributed by atoms with Crippen LogP contribution in [0.4, 0.5) is 5.69 Å². The molecule has 0 atom stereocenters. The second-order valence-corrected chi connectivity index (χ2v) is 5.15. The van der Waals surface area contributed by atoms with Gasteiger partial charge in [-0.3, -0.25) is 9.59 Å². The lowest BCUT2D eigenvalue weighted by molar-refractivity contribution is 0.0858. The van der Waals surface area contributed by atoms with Crippen molar-refractivity contribution in [2.24, 2.45) is 5.41 Å². The van der Waals surface area contributed by atoms with E-state index in [4.69, 9.17) is 0 Å². The summed E-state index contributed by atoms with van der Waals surface area (Å²) in [7, 11) is 1.75. The summed E-state index contributed by atoms with van der Waals surface area (Å²) < 4.78 is 0. The summed E-state index contributed by atoms with van der Waals surface area (Å²) in [6.07, 6.45) is 0. The predicted octanol–water partition coefficient (Wildman–Crippen LogP) is 3.16. The maximum absolute atomic E-state index is 12.2. The smallest absolute Gasteiger partial charge is 0.170 e. The van der Waals surface area contributed by atoms with Crippen molar-refractivity contribution < 1.29 is 9.59 Å². The van der Waals surface area contributed by atoms with Gasteiger partial charge in [-0.05, 0) is 19.1 Å². The molecule has 1 rings (SSSR count). The lowest BCUT2D eigenvalue weighted by Crippen LogP contribution is -2.21. The van der Waals surface area contributed by atoms with Crippen molar-refractivity contribution in [1.29, 1.82) is 0 Å². The molecule has 0 heterocycles. The molecule has 0 saturated carbocycles. The normalized spacial score (nSPS) is 11.1. The standard InChI is InChI=1S/C14H19NO2/c1-9(16)10-6-7-11(12(8-10)15-5)13(17)14(2,3)4/h6-8,15H,1-5H3.